The van der Waals surface area contributed by atoms with Crippen molar-refractivity contribution in [1.29, 1.82) is 0 Å². The van der Waals surface area contributed by atoms with E-state index in [1.165, 1.54) is 0 Å². The fourth-order valence-electron chi connectivity index (χ4n) is 3.04. The quantitative estimate of drug-likeness (QED) is 0.922. The zero-order valence-electron chi connectivity index (χ0n) is 12.8. The van der Waals surface area contributed by atoms with Gasteiger partial charge in [0.2, 0.25) is 5.91 Å². The maximum Gasteiger partial charge on any atom is 0.335 e. The molecule has 4 heteroatoms. The zero-order chi connectivity index (χ0) is 16.2. The van der Waals surface area contributed by atoms with Gasteiger partial charge in [0.15, 0.2) is 0 Å². The molecule has 1 N–H and O–H groups in total. The third-order valence-corrected chi connectivity index (χ3v) is 4.38. The second-order valence-corrected chi connectivity index (χ2v) is 5.76. The van der Waals surface area contributed by atoms with E-state index in [2.05, 4.69) is 0 Å². The summed E-state index contributed by atoms with van der Waals surface area (Å²) < 4.78 is 0. The minimum atomic E-state index is -0.945. The minimum absolute atomic E-state index is 0.0882. The number of hydrogen-bond donors (Lipinski definition) is 1. The standard InChI is InChI=1S/C19H19NO3/c21-18(11-10-14-6-4-5-9-16(14)19(22)23)20-13-12-17(20)15-7-2-1-3-8-15/h1-9,17H,10-13H2,(H,22,23). The predicted octanol–water partition coefficient (Wildman–Crippen LogP) is 3.29. The van der Waals surface area contributed by atoms with Crippen LogP contribution in [0.25, 0.3) is 0 Å². The summed E-state index contributed by atoms with van der Waals surface area (Å²) in [6, 6.07) is 17.1. The van der Waals surface area contributed by atoms with Crippen LogP contribution in [-0.2, 0) is 11.2 Å². The molecule has 1 unspecified atom stereocenters. The highest BCUT2D eigenvalue weighted by Crippen LogP contribution is 2.33. The smallest absolute Gasteiger partial charge is 0.335 e. The molecule has 0 radical (unpaired) electrons. The molecule has 4 nitrogen and oxygen atoms in total. The Morgan fingerprint density at radius 1 is 1.04 bits per heavy atom. The normalized spacial score (nSPS) is 16.7. The molecule has 0 aromatic heterocycles. The van der Waals surface area contributed by atoms with Crippen LogP contribution in [0, 0.1) is 0 Å². The van der Waals surface area contributed by atoms with Gasteiger partial charge in [-0.1, -0.05) is 48.5 Å². The lowest BCUT2D eigenvalue weighted by Crippen LogP contribution is -2.45. The summed E-state index contributed by atoms with van der Waals surface area (Å²) in [7, 11) is 0. The SMILES string of the molecule is O=C(O)c1ccccc1CCC(=O)N1CCC1c1ccccc1. The molecule has 1 fully saturated rings. The third-order valence-electron chi connectivity index (χ3n) is 4.38. The van der Waals surface area contributed by atoms with Crippen molar-refractivity contribution < 1.29 is 14.7 Å². The van der Waals surface area contributed by atoms with Gasteiger partial charge >= 0.3 is 5.97 Å². The number of benzene rings is 2. The van der Waals surface area contributed by atoms with E-state index in [9.17, 15) is 14.7 Å². The summed E-state index contributed by atoms with van der Waals surface area (Å²) in [6.07, 6.45) is 1.79. The van der Waals surface area contributed by atoms with Gasteiger partial charge in [-0.3, -0.25) is 4.79 Å². The molecule has 1 heterocycles. The van der Waals surface area contributed by atoms with Crippen LogP contribution in [0.4, 0.5) is 0 Å². The molecule has 23 heavy (non-hydrogen) atoms. The van der Waals surface area contributed by atoms with E-state index in [4.69, 9.17) is 0 Å². The van der Waals surface area contributed by atoms with Crippen molar-refractivity contribution >= 4 is 11.9 Å². The van der Waals surface area contributed by atoms with Crippen molar-refractivity contribution in [3.63, 3.8) is 0 Å². The van der Waals surface area contributed by atoms with Crippen LogP contribution in [0.15, 0.2) is 54.6 Å². The molecular formula is C19H19NO3. The minimum Gasteiger partial charge on any atom is -0.478 e. The first kappa shape index (κ1) is 15.3. The van der Waals surface area contributed by atoms with Gasteiger partial charge in [-0.2, -0.15) is 0 Å². The molecule has 2 aromatic carbocycles. The molecular weight excluding hydrogens is 290 g/mol. The molecule has 1 amide bonds. The number of aryl methyl sites for hydroxylation is 1. The summed E-state index contributed by atoms with van der Waals surface area (Å²) >= 11 is 0. The fourth-order valence-corrected chi connectivity index (χ4v) is 3.04. The van der Waals surface area contributed by atoms with Gasteiger partial charge in [-0.25, -0.2) is 4.79 Å². The van der Waals surface area contributed by atoms with Crippen LogP contribution in [0.5, 0.6) is 0 Å². The lowest BCUT2D eigenvalue weighted by molar-refractivity contribution is -0.139. The van der Waals surface area contributed by atoms with Crippen LogP contribution in [0.1, 0.15) is 40.4 Å². The van der Waals surface area contributed by atoms with Crippen molar-refractivity contribution in [3.05, 3.63) is 71.3 Å². The molecule has 0 spiro atoms. The molecule has 1 atom stereocenters. The third kappa shape index (κ3) is 3.26. The lowest BCUT2D eigenvalue weighted by atomic mass is 9.93. The maximum atomic E-state index is 12.4. The monoisotopic (exact) mass is 309 g/mol. The van der Waals surface area contributed by atoms with Crippen LogP contribution in [0.2, 0.25) is 0 Å². The highest BCUT2D eigenvalue weighted by atomic mass is 16.4. The molecule has 1 aliphatic rings. The van der Waals surface area contributed by atoms with Gasteiger partial charge < -0.3 is 10.0 Å². The first-order chi connectivity index (χ1) is 11.2. The number of amides is 1. The first-order valence-corrected chi connectivity index (χ1v) is 7.82. The Labute approximate surface area is 135 Å². The molecule has 0 aliphatic carbocycles. The highest BCUT2D eigenvalue weighted by Gasteiger charge is 2.32. The van der Waals surface area contributed by atoms with E-state index in [-0.39, 0.29) is 17.5 Å². The Hall–Kier alpha value is -2.62. The average Bonchev–Trinajstić information content (AvgIpc) is 2.53. The van der Waals surface area contributed by atoms with Gasteiger partial charge in [0.1, 0.15) is 0 Å². The largest absolute Gasteiger partial charge is 0.478 e. The van der Waals surface area contributed by atoms with E-state index < -0.39 is 5.97 Å². The Morgan fingerprint density at radius 3 is 2.39 bits per heavy atom. The average molecular weight is 309 g/mol. The second kappa shape index (κ2) is 6.65. The molecule has 1 aliphatic heterocycles. The van der Waals surface area contributed by atoms with Crippen LogP contribution in [0.3, 0.4) is 0 Å². The van der Waals surface area contributed by atoms with Gasteiger partial charge in [0, 0.05) is 13.0 Å². The summed E-state index contributed by atoms with van der Waals surface area (Å²) in [5, 5.41) is 9.19. The topological polar surface area (TPSA) is 57.6 Å². The number of aromatic carboxylic acids is 1. The van der Waals surface area contributed by atoms with E-state index in [0.717, 1.165) is 18.5 Å². The van der Waals surface area contributed by atoms with E-state index in [1.54, 1.807) is 18.2 Å². The van der Waals surface area contributed by atoms with Gasteiger partial charge in [-0.15, -0.1) is 0 Å². The van der Waals surface area contributed by atoms with Gasteiger partial charge in [0.05, 0.1) is 11.6 Å². The van der Waals surface area contributed by atoms with Crippen LogP contribution >= 0.6 is 0 Å². The molecule has 2 aromatic rings. The molecule has 118 valence electrons. The summed E-state index contributed by atoms with van der Waals surface area (Å²) in [5.41, 5.74) is 2.16. The molecule has 1 saturated heterocycles. The lowest BCUT2D eigenvalue weighted by Gasteiger charge is -2.41. The van der Waals surface area contributed by atoms with E-state index in [0.29, 0.717) is 18.4 Å². The predicted molar refractivity (Wildman–Crippen MR) is 87.2 cm³/mol. The van der Waals surface area contributed by atoms with Crippen LogP contribution < -0.4 is 0 Å². The Balaban J connectivity index is 1.63. The zero-order valence-corrected chi connectivity index (χ0v) is 12.8. The van der Waals surface area contributed by atoms with Crippen molar-refractivity contribution in [2.75, 3.05) is 6.54 Å². The van der Waals surface area contributed by atoms with Gasteiger partial charge in [-0.05, 0) is 30.0 Å². The second-order valence-electron chi connectivity index (χ2n) is 5.76. The van der Waals surface area contributed by atoms with Crippen LogP contribution in [-0.4, -0.2) is 28.4 Å². The number of carboxylic acid groups (broad SMARTS) is 1. The summed E-state index contributed by atoms with van der Waals surface area (Å²) in [4.78, 5) is 25.5. The Bertz CT molecular complexity index is 712. The number of carbonyl (C=O) groups excluding carboxylic acids is 1. The number of rotatable bonds is 5. The van der Waals surface area contributed by atoms with Crippen molar-refractivity contribution in [3.8, 4) is 0 Å². The molecule has 0 saturated carbocycles. The Kier molecular flexibility index (Phi) is 4.42. The Morgan fingerprint density at radius 2 is 1.74 bits per heavy atom. The van der Waals surface area contributed by atoms with Crippen molar-refractivity contribution in [2.45, 2.75) is 25.3 Å². The number of carboxylic acids is 1. The molecule has 3 rings (SSSR count). The maximum absolute atomic E-state index is 12.4. The number of carbonyl (C=O) groups is 2. The highest BCUT2D eigenvalue weighted by molar-refractivity contribution is 5.89. The van der Waals surface area contributed by atoms with E-state index >= 15 is 0 Å². The first-order valence-electron chi connectivity index (χ1n) is 7.82. The van der Waals surface area contributed by atoms with E-state index in [1.807, 2.05) is 41.3 Å². The summed E-state index contributed by atoms with van der Waals surface area (Å²) in [5.74, 6) is -0.857. The van der Waals surface area contributed by atoms with Crippen molar-refractivity contribution in [1.82, 2.24) is 4.90 Å². The van der Waals surface area contributed by atoms with Crippen molar-refractivity contribution in [2.24, 2.45) is 0 Å². The fraction of sp³-hybridized carbons (Fsp3) is 0.263. The molecule has 0 bridgehead atoms. The van der Waals surface area contributed by atoms with Gasteiger partial charge in [0.25, 0.3) is 0 Å². The number of hydrogen-bond acceptors (Lipinski definition) is 2. The number of likely N-dealkylation sites (tertiary alicyclic amines) is 1. The summed E-state index contributed by atoms with van der Waals surface area (Å²) in [6.45, 7) is 0.777. The number of nitrogens with zero attached hydrogens (tertiary/aromatic N) is 1.